The molecule has 6 nitrogen and oxygen atoms in total. The maximum atomic E-state index is 10.9. The maximum Gasteiger partial charge on any atom is 0.335 e. The van der Waals surface area contributed by atoms with Crippen molar-refractivity contribution in [3.05, 3.63) is 46.8 Å². The summed E-state index contributed by atoms with van der Waals surface area (Å²) in [5.74, 6) is -0.254. The van der Waals surface area contributed by atoms with Gasteiger partial charge in [0.1, 0.15) is 0 Å². The van der Waals surface area contributed by atoms with Crippen molar-refractivity contribution in [3.8, 4) is 0 Å². The Labute approximate surface area is 96.2 Å². The number of carbonyl (C=O) groups is 1. The third-order valence-electron chi connectivity index (χ3n) is 2.69. The van der Waals surface area contributed by atoms with E-state index in [4.69, 9.17) is 5.11 Å². The standard InChI is InChI=1S/C11H8N4O2/c16-11(17)7-1-3-8-5-10-12-13-14-15(10)6-9(8)4-2-7/h1-5H,6H2,(H,16,17). The van der Waals surface area contributed by atoms with E-state index >= 15 is 0 Å². The predicted octanol–water partition coefficient (Wildman–Crippen LogP) is 0.577. The summed E-state index contributed by atoms with van der Waals surface area (Å²) in [4.78, 5) is 10.9. The molecule has 1 aliphatic carbocycles. The van der Waals surface area contributed by atoms with E-state index in [9.17, 15) is 4.79 Å². The van der Waals surface area contributed by atoms with E-state index in [-0.39, 0.29) is 5.57 Å². The SMILES string of the molecule is O=C(O)C1=CC=C2Cn3nnnc3C=C2C=C1. The summed E-state index contributed by atoms with van der Waals surface area (Å²) in [7, 11) is 0. The normalized spacial score (nSPS) is 17.3. The van der Waals surface area contributed by atoms with Crippen molar-refractivity contribution in [3.63, 3.8) is 0 Å². The molecule has 1 aliphatic heterocycles. The number of tetrazole rings is 1. The molecule has 1 aromatic rings. The van der Waals surface area contributed by atoms with Gasteiger partial charge in [-0.25, -0.2) is 9.48 Å². The van der Waals surface area contributed by atoms with Crippen LogP contribution < -0.4 is 0 Å². The number of aromatic nitrogens is 4. The van der Waals surface area contributed by atoms with Gasteiger partial charge in [0.05, 0.1) is 12.1 Å². The van der Waals surface area contributed by atoms with Crippen molar-refractivity contribution < 1.29 is 9.90 Å². The lowest BCUT2D eigenvalue weighted by Gasteiger charge is -2.13. The number of carboxylic acids is 1. The van der Waals surface area contributed by atoms with Crippen LogP contribution in [-0.4, -0.2) is 31.3 Å². The quantitative estimate of drug-likeness (QED) is 0.760. The van der Waals surface area contributed by atoms with E-state index in [0.717, 1.165) is 11.1 Å². The highest BCUT2D eigenvalue weighted by Crippen LogP contribution is 2.25. The number of fused-ring (bicyclic) bond motifs is 2. The molecule has 0 saturated heterocycles. The fraction of sp³-hybridized carbons (Fsp3) is 0.0909. The molecule has 1 N–H and O–H groups in total. The molecule has 0 bridgehead atoms. The summed E-state index contributed by atoms with van der Waals surface area (Å²) >= 11 is 0. The van der Waals surface area contributed by atoms with Gasteiger partial charge in [-0.1, -0.05) is 12.2 Å². The zero-order chi connectivity index (χ0) is 11.8. The van der Waals surface area contributed by atoms with E-state index in [1.165, 1.54) is 0 Å². The Morgan fingerprint density at radius 2 is 2.24 bits per heavy atom. The highest BCUT2D eigenvalue weighted by atomic mass is 16.4. The lowest BCUT2D eigenvalue weighted by Crippen LogP contribution is -2.11. The summed E-state index contributed by atoms with van der Waals surface area (Å²) in [6.45, 7) is 0.557. The van der Waals surface area contributed by atoms with Crippen LogP contribution in [0.4, 0.5) is 0 Å². The van der Waals surface area contributed by atoms with Crippen molar-refractivity contribution in [1.82, 2.24) is 20.2 Å². The van der Waals surface area contributed by atoms with Crippen LogP contribution in [0.3, 0.4) is 0 Å². The molecule has 0 unspecified atom stereocenters. The van der Waals surface area contributed by atoms with Gasteiger partial charge >= 0.3 is 5.97 Å². The number of rotatable bonds is 1. The van der Waals surface area contributed by atoms with Gasteiger partial charge in [0.2, 0.25) is 0 Å². The largest absolute Gasteiger partial charge is 0.478 e. The van der Waals surface area contributed by atoms with Gasteiger partial charge in [0.25, 0.3) is 0 Å². The zero-order valence-corrected chi connectivity index (χ0v) is 8.74. The number of nitrogens with zero attached hydrogens (tertiary/aromatic N) is 4. The number of allylic oxidation sites excluding steroid dienone is 5. The Kier molecular flexibility index (Phi) is 2.01. The van der Waals surface area contributed by atoms with Crippen molar-refractivity contribution in [2.75, 3.05) is 0 Å². The molecule has 0 aromatic carbocycles. The van der Waals surface area contributed by atoms with Crippen LogP contribution in [0, 0.1) is 0 Å². The van der Waals surface area contributed by atoms with Gasteiger partial charge in [0.15, 0.2) is 5.82 Å². The van der Waals surface area contributed by atoms with E-state index in [2.05, 4.69) is 15.5 Å². The minimum atomic E-state index is -0.935. The number of hydrogen-bond acceptors (Lipinski definition) is 4. The van der Waals surface area contributed by atoms with Crippen molar-refractivity contribution in [2.24, 2.45) is 0 Å². The average molecular weight is 228 g/mol. The second kappa shape index (κ2) is 3.51. The average Bonchev–Trinajstić information content (AvgIpc) is 2.64. The lowest BCUT2D eigenvalue weighted by molar-refractivity contribution is -0.132. The topological polar surface area (TPSA) is 80.9 Å². The second-order valence-electron chi connectivity index (χ2n) is 3.75. The van der Waals surface area contributed by atoms with Crippen LogP contribution in [0.25, 0.3) is 6.08 Å². The molecule has 0 fully saturated rings. The zero-order valence-electron chi connectivity index (χ0n) is 8.74. The Hall–Kier alpha value is -2.50. The Morgan fingerprint density at radius 1 is 1.35 bits per heavy atom. The van der Waals surface area contributed by atoms with Crippen LogP contribution in [-0.2, 0) is 11.3 Å². The third kappa shape index (κ3) is 1.59. The fourth-order valence-corrected chi connectivity index (χ4v) is 1.78. The summed E-state index contributed by atoms with van der Waals surface area (Å²) in [5.41, 5.74) is 2.20. The molecule has 0 atom stereocenters. The molecular weight excluding hydrogens is 220 g/mol. The van der Waals surface area contributed by atoms with Crippen molar-refractivity contribution in [2.45, 2.75) is 6.54 Å². The van der Waals surface area contributed by atoms with Gasteiger partial charge in [-0.2, -0.15) is 0 Å². The molecule has 0 saturated carbocycles. The van der Waals surface area contributed by atoms with Crippen LogP contribution >= 0.6 is 0 Å². The van der Waals surface area contributed by atoms with Gasteiger partial charge < -0.3 is 5.11 Å². The summed E-state index contributed by atoms with van der Waals surface area (Å²) < 4.78 is 1.67. The molecule has 3 rings (SSSR count). The molecule has 0 radical (unpaired) electrons. The fourth-order valence-electron chi connectivity index (χ4n) is 1.78. The summed E-state index contributed by atoms with van der Waals surface area (Å²) in [5, 5.41) is 20.2. The number of aliphatic carboxylic acids is 1. The first-order valence-corrected chi connectivity index (χ1v) is 5.04. The molecule has 0 spiro atoms. The van der Waals surface area contributed by atoms with Crippen LogP contribution in [0.2, 0.25) is 0 Å². The first-order chi connectivity index (χ1) is 8.24. The predicted molar refractivity (Wildman–Crippen MR) is 58.7 cm³/mol. The van der Waals surface area contributed by atoms with Gasteiger partial charge in [0, 0.05) is 0 Å². The molecule has 0 amide bonds. The minimum Gasteiger partial charge on any atom is -0.478 e. The molecule has 1 aromatic heterocycles. The van der Waals surface area contributed by atoms with E-state index in [1.54, 1.807) is 29.0 Å². The molecule has 84 valence electrons. The molecular formula is C11H8N4O2. The summed E-state index contributed by atoms with van der Waals surface area (Å²) in [6.07, 6.45) is 8.57. The minimum absolute atomic E-state index is 0.261. The van der Waals surface area contributed by atoms with Crippen LogP contribution in [0.1, 0.15) is 5.82 Å². The second-order valence-corrected chi connectivity index (χ2v) is 3.75. The smallest absolute Gasteiger partial charge is 0.335 e. The molecule has 2 heterocycles. The number of hydrogen-bond donors (Lipinski definition) is 1. The van der Waals surface area contributed by atoms with E-state index < -0.39 is 5.97 Å². The molecule has 6 heteroatoms. The van der Waals surface area contributed by atoms with Crippen molar-refractivity contribution >= 4 is 12.0 Å². The van der Waals surface area contributed by atoms with Gasteiger partial charge in [-0.3, -0.25) is 0 Å². The highest BCUT2D eigenvalue weighted by molar-refractivity contribution is 5.91. The van der Waals surface area contributed by atoms with Crippen molar-refractivity contribution in [1.29, 1.82) is 0 Å². The first-order valence-electron chi connectivity index (χ1n) is 5.04. The molecule has 17 heavy (non-hydrogen) atoms. The lowest BCUT2D eigenvalue weighted by atomic mass is 10.0. The van der Waals surface area contributed by atoms with E-state index in [0.29, 0.717) is 12.4 Å². The monoisotopic (exact) mass is 228 g/mol. The van der Waals surface area contributed by atoms with E-state index in [1.807, 2.05) is 6.08 Å². The number of carboxylic acid groups (broad SMARTS) is 1. The van der Waals surface area contributed by atoms with Crippen LogP contribution in [0.5, 0.6) is 0 Å². The van der Waals surface area contributed by atoms with Gasteiger partial charge in [-0.15, -0.1) is 5.10 Å². The maximum absolute atomic E-state index is 10.9. The third-order valence-corrected chi connectivity index (χ3v) is 2.69. The Morgan fingerprint density at radius 3 is 3.06 bits per heavy atom. The Balaban J connectivity index is 2.07. The first kappa shape index (κ1) is 9.71. The molecule has 2 aliphatic rings. The summed E-state index contributed by atoms with van der Waals surface area (Å²) in [6, 6.07) is 0. The van der Waals surface area contributed by atoms with Crippen LogP contribution in [0.15, 0.2) is 41.0 Å². The van der Waals surface area contributed by atoms with Gasteiger partial charge in [-0.05, 0) is 39.8 Å². The highest BCUT2D eigenvalue weighted by Gasteiger charge is 2.17. The Bertz CT molecular complexity index is 619.